The van der Waals surface area contributed by atoms with Crippen LogP contribution in [-0.4, -0.2) is 55.4 Å². The third kappa shape index (κ3) is 5.07. The molecule has 0 unspecified atom stereocenters. The Balaban J connectivity index is 1.41. The van der Waals surface area contributed by atoms with Gasteiger partial charge < -0.3 is 9.64 Å². The number of esters is 1. The fraction of sp³-hybridized carbons (Fsp3) is 0.727. The molecule has 3 aliphatic rings. The van der Waals surface area contributed by atoms with Crippen LogP contribution in [0.4, 0.5) is 0 Å². The number of amides is 1. The van der Waals surface area contributed by atoms with E-state index >= 15 is 0 Å². The molecule has 1 aromatic rings. The molecule has 2 heterocycles. The Bertz CT molecular complexity index is 862. The molecule has 4 rings (SSSR count). The van der Waals surface area contributed by atoms with Gasteiger partial charge >= 0.3 is 5.97 Å². The first-order valence-electron chi connectivity index (χ1n) is 11.2. The highest BCUT2D eigenvalue weighted by Crippen LogP contribution is 2.30. The Morgan fingerprint density at radius 1 is 1.00 bits per heavy atom. The van der Waals surface area contributed by atoms with E-state index in [1.807, 2.05) is 6.07 Å². The Morgan fingerprint density at radius 3 is 2.47 bits per heavy atom. The Morgan fingerprint density at radius 2 is 1.73 bits per heavy atom. The largest absolute Gasteiger partial charge is 0.451 e. The van der Waals surface area contributed by atoms with Gasteiger partial charge in [-0.3, -0.25) is 4.79 Å². The molecule has 6 nitrogen and oxygen atoms in total. The van der Waals surface area contributed by atoms with Crippen LogP contribution >= 0.6 is 11.3 Å². The van der Waals surface area contributed by atoms with Gasteiger partial charge in [-0.15, -0.1) is 11.3 Å². The van der Waals surface area contributed by atoms with E-state index in [9.17, 15) is 18.0 Å². The number of sulfone groups is 1. The molecule has 30 heavy (non-hydrogen) atoms. The van der Waals surface area contributed by atoms with Gasteiger partial charge in [-0.05, 0) is 56.6 Å². The van der Waals surface area contributed by atoms with Gasteiger partial charge in [0, 0.05) is 17.0 Å². The highest BCUT2D eigenvalue weighted by molar-refractivity contribution is 7.91. The molecule has 1 atom stereocenters. The van der Waals surface area contributed by atoms with Crippen molar-refractivity contribution >= 4 is 33.1 Å². The number of aryl methyl sites for hydroxylation is 2. The summed E-state index contributed by atoms with van der Waals surface area (Å²) in [5.74, 6) is -0.533. The lowest BCUT2D eigenvalue weighted by atomic mass is 9.93. The lowest BCUT2D eigenvalue weighted by Gasteiger charge is -2.38. The maximum Gasteiger partial charge on any atom is 0.348 e. The van der Waals surface area contributed by atoms with Crippen molar-refractivity contribution in [2.24, 2.45) is 0 Å². The summed E-state index contributed by atoms with van der Waals surface area (Å²) in [6.45, 7) is -0.311. The summed E-state index contributed by atoms with van der Waals surface area (Å²) < 4.78 is 29.4. The fourth-order valence-corrected chi connectivity index (χ4v) is 7.96. The van der Waals surface area contributed by atoms with Crippen LogP contribution in [0.25, 0.3) is 0 Å². The van der Waals surface area contributed by atoms with E-state index in [-0.39, 0.29) is 36.1 Å². The normalized spacial score (nSPS) is 24.1. The van der Waals surface area contributed by atoms with Gasteiger partial charge in [0.25, 0.3) is 5.91 Å². The number of thiophene rings is 1. The Hall–Kier alpha value is -1.41. The SMILES string of the molecule is O=C(OCC(=O)N(C1CCCCC1)[C@@H]1CCS(=O)(=O)C1)c1cc2c(s1)CCCCC2. The highest BCUT2D eigenvalue weighted by Gasteiger charge is 2.38. The number of nitrogens with zero attached hydrogens (tertiary/aromatic N) is 1. The molecule has 0 aromatic carbocycles. The molecule has 0 spiro atoms. The number of hydrogen-bond donors (Lipinski definition) is 0. The predicted octanol–water partition coefficient (Wildman–Crippen LogP) is 3.52. The maximum atomic E-state index is 13.1. The van der Waals surface area contributed by atoms with E-state index < -0.39 is 15.8 Å². The zero-order valence-electron chi connectivity index (χ0n) is 17.4. The number of rotatable bonds is 5. The lowest BCUT2D eigenvalue weighted by molar-refractivity contribution is -0.139. The second kappa shape index (κ2) is 9.39. The van der Waals surface area contributed by atoms with Crippen LogP contribution in [-0.2, 0) is 32.2 Å². The molecule has 1 saturated heterocycles. The average molecular weight is 454 g/mol. The topological polar surface area (TPSA) is 80.8 Å². The summed E-state index contributed by atoms with van der Waals surface area (Å²) in [5.41, 5.74) is 1.25. The summed E-state index contributed by atoms with van der Waals surface area (Å²) in [6.07, 6.45) is 11.1. The van der Waals surface area contributed by atoms with Gasteiger partial charge in [-0.1, -0.05) is 25.7 Å². The predicted molar refractivity (Wildman–Crippen MR) is 117 cm³/mol. The molecule has 0 N–H and O–H groups in total. The van der Waals surface area contributed by atoms with Crippen molar-refractivity contribution in [2.75, 3.05) is 18.1 Å². The monoisotopic (exact) mass is 453 g/mol. The van der Waals surface area contributed by atoms with E-state index in [0.29, 0.717) is 11.3 Å². The van der Waals surface area contributed by atoms with Gasteiger partial charge in [-0.25, -0.2) is 13.2 Å². The minimum atomic E-state index is -3.09. The quantitative estimate of drug-likeness (QED) is 0.503. The molecule has 166 valence electrons. The van der Waals surface area contributed by atoms with Crippen LogP contribution in [0.15, 0.2) is 6.07 Å². The number of hydrogen-bond acceptors (Lipinski definition) is 6. The molecule has 2 fully saturated rings. The minimum Gasteiger partial charge on any atom is -0.451 e. The van der Waals surface area contributed by atoms with Gasteiger partial charge in [-0.2, -0.15) is 0 Å². The highest BCUT2D eigenvalue weighted by atomic mass is 32.2. The standard InChI is InChI=1S/C22H31NO5S2/c24-21(14-28-22(25)20-13-16-7-3-1-6-10-19(16)29-20)23(17-8-4-2-5-9-17)18-11-12-30(26,27)15-18/h13,17-18H,1-12,14-15H2/t18-/m1/s1. The van der Waals surface area contributed by atoms with Gasteiger partial charge in [0.2, 0.25) is 0 Å². The van der Waals surface area contributed by atoms with E-state index in [4.69, 9.17) is 4.74 Å². The van der Waals surface area contributed by atoms with Crippen LogP contribution in [0.3, 0.4) is 0 Å². The summed E-state index contributed by atoms with van der Waals surface area (Å²) in [7, 11) is -3.09. The van der Waals surface area contributed by atoms with E-state index in [0.717, 1.165) is 57.8 Å². The Labute approximate surface area is 182 Å². The van der Waals surface area contributed by atoms with Crippen molar-refractivity contribution in [3.8, 4) is 0 Å². The molecule has 8 heteroatoms. The summed E-state index contributed by atoms with van der Waals surface area (Å²) in [5, 5.41) is 0. The fourth-order valence-electron chi connectivity index (χ4n) is 5.10. The second-order valence-electron chi connectivity index (χ2n) is 8.85. The molecule has 2 aliphatic carbocycles. The third-order valence-electron chi connectivity index (χ3n) is 6.63. The third-order valence-corrected chi connectivity index (χ3v) is 9.60. The average Bonchev–Trinajstić information content (AvgIpc) is 3.22. The molecule has 1 aliphatic heterocycles. The zero-order valence-corrected chi connectivity index (χ0v) is 19.1. The molecular weight excluding hydrogens is 422 g/mol. The summed E-state index contributed by atoms with van der Waals surface area (Å²) in [6, 6.07) is 1.70. The Kier molecular flexibility index (Phi) is 6.82. The second-order valence-corrected chi connectivity index (χ2v) is 12.2. The van der Waals surface area contributed by atoms with Crippen LogP contribution in [0.1, 0.15) is 77.9 Å². The molecule has 1 amide bonds. The smallest absolute Gasteiger partial charge is 0.348 e. The van der Waals surface area contributed by atoms with E-state index in [2.05, 4.69) is 0 Å². The van der Waals surface area contributed by atoms with Crippen LogP contribution in [0.5, 0.6) is 0 Å². The van der Waals surface area contributed by atoms with Crippen molar-refractivity contribution < 1.29 is 22.7 Å². The number of ether oxygens (including phenoxy) is 1. The van der Waals surface area contributed by atoms with Crippen molar-refractivity contribution in [3.05, 3.63) is 21.4 Å². The molecule has 0 radical (unpaired) electrons. The molecular formula is C22H31NO5S2. The number of carbonyl (C=O) groups excluding carboxylic acids is 2. The lowest BCUT2D eigenvalue weighted by Crippen LogP contribution is -2.50. The molecule has 0 bridgehead atoms. The van der Waals surface area contributed by atoms with Crippen molar-refractivity contribution in [2.45, 2.75) is 82.7 Å². The van der Waals surface area contributed by atoms with Crippen molar-refractivity contribution in [1.29, 1.82) is 0 Å². The van der Waals surface area contributed by atoms with Crippen molar-refractivity contribution in [1.82, 2.24) is 4.90 Å². The summed E-state index contributed by atoms with van der Waals surface area (Å²) in [4.78, 5) is 29.3. The van der Waals surface area contributed by atoms with Gasteiger partial charge in [0.1, 0.15) is 4.88 Å². The van der Waals surface area contributed by atoms with Gasteiger partial charge in [0.05, 0.1) is 11.5 Å². The van der Waals surface area contributed by atoms with Crippen LogP contribution in [0, 0.1) is 0 Å². The molecule has 1 aromatic heterocycles. The number of fused-ring (bicyclic) bond motifs is 1. The van der Waals surface area contributed by atoms with Crippen LogP contribution in [0.2, 0.25) is 0 Å². The minimum absolute atomic E-state index is 0.0286. The maximum absolute atomic E-state index is 13.1. The van der Waals surface area contributed by atoms with Gasteiger partial charge in [0.15, 0.2) is 16.4 Å². The van der Waals surface area contributed by atoms with E-state index in [1.54, 1.807) is 4.90 Å². The first-order valence-corrected chi connectivity index (χ1v) is 13.9. The van der Waals surface area contributed by atoms with Crippen molar-refractivity contribution in [3.63, 3.8) is 0 Å². The van der Waals surface area contributed by atoms with E-state index in [1.165, 1.54) is 28.2 Å². The first kappa shape index (κ1) is 21.8. The number of carbonyl (C=O) groups is 2. The summed E-state index contributed by atoms with van der Waals surface area (Å²) >= 11 is 1.49. The zero-order chi connectivity index (χ0) is 21.1. The van der Waals surface area contributed by atoms with Crippen LogP contribution < -0.4 is 0 Å². The first-order chi connectivity index (χ1) is 14.4. The molecule has 1 saturated carbocycles.